The molecule has 0 saturated carbocycles. The van der Waals surface area contributed by atoms with Crippen molar-refractivity contribution in [1.82, 2.24) is 5.32 Å². The van der Waals surface area contributed by atoms with Crippen LogP contribution in [-0.2, 0) is 11.3 Å². The van der Waals surface area contributed by atoms with Gasteiger partial charge in [0, 0.05) is 23.7 Å². The largest absolute Gasteiger partial charge is 0.381 e. The van der Waals surface area contributed by atoms with Crippen molar-refractivity contribution in [2.24, 2.45) is 5.92 Å². The van der Waals surface area contributed by atoms with Crippen LogP contribution in [0.5, 0.6) is 0 Å². The van der Waals surface area contributed by atoms with Crippen LogP contribution >= 0.6 is 15.9 Å². The number of aryl methyl sites for hydroxylation is 1. The molecular weight excluding hydrogens is 278 g/mol. The molecule has 0 aliphatic carbocycles. The fraction of sp³-hybridized carbons (Fsp3) is 0.571. The zero-order valence-electron chi connectivity index (χ0n) is 10.5. The summed E-state index contributed by atoms with van der Waals surface area (Å²) in [7, 11) is 0. The first-order valence-electron chi connectivity index (χ1n) is 6.23. The highest BCUT2D eigenvalue weighted by Crippen LogP contribution is 2.19. The summed E-state index contributed by atoms with van der Waals surface area (Å²) >= 11 is 3.52. The quantitative estimate of drug-likeness (QED) is 0.921. The van der Waals surface area contributed by atoms with E-state index in [4.69, 9.17) is 4.74 Å². The Morgan fingerprint density at radius 1 is 1.53 bits per heavy atom. The summed E-state index contributed by atoms with van der Waals surface area (Å²) < 4.78 is 6.58. The molecule has 0 spiro atoms. The first kappa shape index (κ1) is 13.1. The molecule has 1 aliphatic heterocycles. The van der Waals surface area contributed by atoms with Gasteiger partial charge < -0.3 is 10.1 Å². The van der Waals surface area contributed by atoms with Gasteiger partial charge in [-0.3, -0.25) is 0 Å². The molecule has 0 amide bonds. The molecule has 0 unspecified atom stereocenters. The van der Waals surface area contributed by atoms with Crippen LogP contribution in [0.4, 0.5) is 0 Å². The molecule has 0 aromatic heterocycles. The molecule has 1 aliphatic rings. The van der Waals surface area contributed by atoms with Gasteiger partial charge in [0.15, 0.2) is 0 Å². The minimum Gasteiger partial charge on any atom is -0.381 e. The topological polar surface area (TPSA) is 21.3 Å². The molecule has 94 valence electrons. The number of hydrogen-bond acceptors (Lipinski definition) is 2. The van der Waals surface area contributed by atoms with Crippen molar-refractivity contribution >= 4 is 15.9 Å². The second kappa shape index (κ2) is 5.98. The van der Waals surface area contributed by atoms with Crippen LogP contribution in [0.15, 0.2) is 22.7 Å². The van der Waals surface area contributed by atoms with E-state index in [1.807, 2.05) is 0 Å². The Balaban J connectivity index is 1.90. The summed E-state index contributed by atoms with van der Waals surface area (Å²) in [5.41, 5.74) is 2.71. The van der Waals surface area contributed by atoms with Gasteiger partial charge in [-0.2, -0.15) is 0 Å². The lowest BCUT2D eigenvalue weighted by Crippen LogP contribution is -2.33. The van der Waals surface area contributed by atoms with Crippen LogP contribution in [0.25, 0.3) is 0 Å². The average molecular weight is 298 g/mol. The number of hydrogen-bond donors (Lipinski definition) is 1. The smallest absolute Gasteiger partial charge is 0.0509 e. The van der Waals surface area contributed by atoms with Crippen molar-refractivity contribution in [2.75, 3.05) is 13.2 Å². The van der Waals surface area contributed by atoms with Crippen LogP contribution in [0.2, 0.25) is 0 Å². The molecule has 1 saturated heterocycles. The van der Waals surface area contributed by atoms with E-state index >= 15 is 0 Å². The van der Waals surface area contributed by atoms with Crippen LogP contribution in [0.3, 0.4) is 0 Å². The highest BCUT2D eigenvalue weighted by molar-refractivity contribution is 9.10. The Morgan fingerprint density at radius 3 is 3.06 bits per heavy atom. The molecule has 0 bridgehead atoms. The number of nitrogens with one attached hydrogen (secondary N) is 1. The molecule has 2 atom stereocenters. The lowest BCUT2D eigenvalue weighted by Gasteiger charge is -2.20. The van der Waals surface area contributed by atoms with Gasteiger partial charge in [-0.15, -0.1) is 0 Å². The molecule has 2 nitrogen and oxygen atoms in total. The first-order valence-corrected chi connectivity index (χ1v) is 7.02. The van der Waals surface area contributed by atoms with E-state index in [9.17, 15) is 0 Å². The minimum atomic E-state index is 0.524. The third-order valence-electron chi connectivity index (χ3n) is 3.60. The third-order valence-corrected chi connectivity index (χ3v) is 4.09. The van der Waals surface area contributed by atoms with Crippen molar-refractivity contribution < 1.29 is 4.74 Å². The van der Waals surface area contributed by atoms with E-state index in [-0.39, 0.29) is 0 Å². The number of halogens is 1. The van der Waals surface area contributed by atoms with Crippen LogP contribution < -0.4 is 5.32 Å². The summed E-state index contributed by atoms with van der Waals surface area (Å²) in [5, 5.41) is 3.61. The number of benzene rings is 1. The average Bonchev–Trinajstić information content (AvgIpc) is 2.83. The number of rotatable bonds is 4. The van der Waals surface area contributed by atoms with Crippen molar-refractivity contribution in [1.29, 1.82) is 0 Å². The Labute approximate surface area is 112 Å². The summed E-state index contributed by atoms with van der Waals surface area (Å²) in [6.45, 7) is 7.18. The maximum absolute atomic E-state index is 5.43. The molecule has 1 aromatic rings. The molecule has 3 heteroatoms. The summed E-state index contributed by atoms with van der Waals surface area (Å²) in [4.78, 5) is 0. The number of ether oxygens (including phenoxy) is 1. The summed E-state index contributed by atoms with van der Waals surface area (Å²) in [5.74, 6) is 0.669. The van der Waals surface area contributed by atoms with E-state index in [2.05, 4.69) is 53.3 Å². The Kier molecular flexibility index (Phi) is 4.60. The highest BCUT2D eigenvalue weighted by atomic mass is 79.9. The molecule has 0 radical (unpaired) electrons. The lowest BCUT2D eigenvalue weighted by atomic mass is 10.00. The second-order valence-electron chi connectivity index (χ2n) is 4.86. The standard InChI is InChI=1S/C14H20BrNO/c1-10-3-4-14(15)7-13(10)8-16-11(2)12-5-6-17-9-12/h3-4,7,11-12,16H,5-6,8-9H2,1-2H3/t11-,12+/m1/s1. The summed E-state index contributed by atoms with van der Waals surface area (Å²) in [6.07, 6.45) is 1.19. The van der Waals surface area contributed by atoms with Gasteiger partial charge in [0.25, 0.3) is 0 Å². The van der Waals surface area contributed by atoms with E-state index in [0.717, 1.165) is 24.2 Å². The maximum Gasteiger partial charge on any atom is 0.0509 e. The fourth-order valence-electron chi connectivity index (χ4n) is 2.22. The van der Waals surface area contributed by atoms with Crippen LogP contribution in [-0.4, -0.2) is 19.3 Å². The maximum atomic E-state index is 5.43. The highest BCUT2D eigenvalue weighted by Gasteiger charge is 2.21. The Hall–Kier alpha value is -0.380. The minimum absolute atomic E-state index is 0.524. The molecule has 1 fully saturated rings. The predicted octanol–water partition coefficient (Wildman–Crippen LogP) is 3.27. The molecule has 2 rings (SSSR count). The van der Waals surface area contributed by atoms with E-state index < -0.39 is 0 Å². The Morgan fingerprint density at radius 2 is 2.35 bits per heavy atom. The molecule has 1 N–H and O–H groups in total. The van der Waals surface area contributed by atoms with Gasteiger partial charge in [-0.25, -0.2) is 0 Å². The van der Waals surface area contributed by atoms with Crippen molar-refractivity contribution in [3.63, 3.8) is 0 Å². The second-order valence-corrected chi connectivity index (χ2v) is 5.78. The predicted molar refractivity (Wildman–Crippen MR) is 74.1 cm³/mol. The molecule has 1 aromatic carbocycles. The SMILES string of the molecule is Cc1ccc(Br)cc1CN[C@H](C)[C@H]1CCOC1. The summed E-state index contributed by atoms with van der Waals surface area (Å²) in [6, 6.07) is 6.97. The zero-order chi connectivity index (χ0) is 12.3. The molecular formula is C14H20BrNO. The van der Waals surface area contributed by atoms with Crippen molar-refractivity contribution in [2.45, 2.75) is 32.9 Å². The van der Waals surface area contributed by atoms with Crippen LogP contribution in [0, 0.1) is 12.8 Å². The van der Waals surface area contributed by atoms with Crippen molar-refractivity contribution in [3.05, 3.63) is 33.8 Å². The van der Waals surface area contributed by atoms with Gasteiger partial charge in [-0.1, -0.05) is 22.0 Å². The van der Waals surface area contributed by atoms with E-state index in [0.29, 0.717) is 12.0 Å². The van der Waals surface area contributed by atoms with Gasteiger partial charge in [0.05, 0.1) is 6.61 Å². The van der Waals surface area contributed by atoms with Gasteiger partial charge >= 0.3 is 0 Å². The normalized spacial score (nSPS) is 21.7. The molecule has 17 heavy (non-hydrogen) atoms. The van der Waals surface area contributed by atoms with E-state index in [1.54, 1.807) is 0 Å². The van der Waals surface area contributed by atoms with Gasteiger partial charge in [0.1, 0.15) is 0 Å². The van der Waals surface area contributed by atoms with Crippen LogP contribution in [0.1, 0.15) is 24.5 Å². The third kappa shape index (κ3) is 3.54. The van der Waals surface area contributed by atoms with Crippen molar-refractivity contribution in [3.8, 4) is 0 Å². The van der Waals surface area contributed by atoms with Gasteiger partial charge in [-0.05, 0) is 49.4 Å². The van der Waals surface area contributed by atoms with E-state index in [1.165, 1.54) is 17.5 Å². The monoisotopic (exact) mass is 297 g/mol. The van der Waals surface area contributed by atoms with Gasteiger partial charge in [0.2, 0.25) is 0 Å². The first-order chi connectivity index (χ1) is 8.16. The lowest BCUT2D eigenvalue weighted by molar-refractivity contribution is 0.178. The zero-order valence-corrected chi connectivity index (χ0v) is 12.1. The fourth-order valence-corrected chi connectivity index (χ4v) is 2.62. The molecule has 1 heterocycles. The Bertz CT molecular complexity index is 374.